The van der Waals surface area contributed by atoms with Gasteiger partial charge in [-0.2, -0.15) is 0 Å². The van der Waals surface area contributed by atoms with Gasteiger partial charge in [-0.1, -0.05) is 60.5 Å². The maximum atomic E-state index is 13.5. The third-order valence-corrected chi connectivity index (χ3v) is 8.27. The van der Waals surface area contributed by atoms with E-state index in [-0.39, 0.29) is 17.2 Å². The summed E-state index contributed by atoms with van der Waals surface area (Å²) >= 11 is 14.0. The number of amides is 3. The standard InChI is InChI=1S/C33H27Cl2N3O5S/c1-2-29(32(41)36-22-16-14-21(15-17-22)33(42)43)44-24-11-6-10-23(18-24)37-31(40)28(19-25-26(34)12-7-13-27(25)35)38-30(39)20-8-4-3-5-9-20/h3-19,29H,2H2,1H3,(H,36,41)(H,37,40)(H,38,39)(H,42,43)/b28-19+. The van der Waals surface area contributed by atoms with Crippen LogP contribution in [0.15, 0.2) is 108 Å². The number of rotatable bonds is 11. The van der Waals surface area contributed by atoms with E-state index in [0.717, 1.165) is 4.90 Å². The predicted molar refractivity (Wildman–Crippen MR) is 175 cm³/mol. The number of carbonyl (C=O) groups is 4. The Hall–Kier alpha value is -4.57. The molecule has 0 aliphatic rings. The van der Waals surface area contributed by atoms with Crippen LogP contribution in [-0.4, -0.2) is 34.0 Å². The highest BCUT2D eigenvalue weighted by Gasteiger charge is 2.20. The smallest absolute Gasteiger partial charge is 0.335 e. The number of aromatic carboxylic acids is 1. The van der Waals surface area contributed by atoms with Crippen molar-refractivity contribution < 1.29 is 24.3 Å². The van der Waals surface area contributed by atoms with E-state index in [1.165, 1.54) is 42.1 Å². The lowest BCUT2D eigenvalue weighted by Crippen LogP contribution is -2.30. The molecule has 0 aliphatic carbocycles. The molecule has 11 heteroatoms. The molecule has 1 atom stereocenters. The zero-order valence-electron chi connectivity index (χ0n) is 23.3. The minimum atomic E-state index is -1.05. The minimum absolute atomic E-state index is 0.0772. The van der Waals surface area contributed by atoms with Crippen LogP contribution < -0.4 is 16.0 Å². The molecule has 3 amide bonds. The zero-order chi connectivity index (χ0) is 31.6. The van der Waals surface area contributed by atoms with Gasteiger partial charge in [-0.25, -0.2) is 4.79 Å². The molecule has 4 N–H and O–H groups in total. The lowest BCUT2D eigenvalue weighted by Gasteiger charge is -2.16. The Morgan fingerprint density at radius 2 is 1.45 bits per heavy atom. The highest BCUT2D eigenvalue weighted by Crippen LogP contribution is 2.30. The largest absolute Gasteiger partial charge is 0.478 e. The van der Waals surface area contributed by atoms with Crippen LogP contribution in [0.5, 0.6) is 0 Å². The van der Waals surface area contributed by atoms with E-state index < -0.39 is 23.0 Å². The van der Waals surface area contributed by atoms with E-state index in [1.54, 1.807) is 66.7 Å². The monoisotopic (exact) mass is 647 g/mol. The minimum Gasteiger partial charge on any atom is -0.478 e. The molecule has 4 rings (SSSR count). The van der Waals surface area contributed by atoms with Crippen molar-refractivity contribution in [3.05, 3.63) is 129 Å². The van der Waals surface area contributed by atoms with E-state index in [9.17, 15) is 19.2 Å². The number of carbonyl (C=O) groups excluding carboxylic acids is 3. The molecule has 0 saturated heterocycles. The van der Waals surface area contributed by atoms with Gasteiger partial charge >= 0.3 is 5.97 Å². The molecule has 0 bridgehead atoms. The average molecular weight is 649 g/mol. The maximum Gasteiger partial charge on any atom is 0.335 e. The number of hydrogen-bond donors (Lipinski definition) is 4. The van der Waals surface area contributed by atoms with Gasteiger partial charge in [0.1, 0.15) is 5.70 Å². The molecule has 0 fully saturated rings. The molecule has 0 saturated carbocycles. The second-order valence-corrected chi connectivity index (χ2v) is 11.5. The molecular formula is C33H27Cl2N3O5S. The van der Waals surface area contributed by atoms with E-state index in [2.05, 4.69) is 16.0 Å². The Morgan fingerprint density at radius 1 is 0.795 bits per heavy atom. The van der Waals surface area contributed by atoms with Gasteiger partial charge in [0.15, 0.2) is 0 Å². The first-order chi connectivity index (χ1) is 21.1. The Balaban J connectivity index is 1.51. The Bertz CT molecular complexity index is 1690. The van der Waals surface area contributed by atoms with Crippen LogP contribution in [0.1, 0.15) is 39.6 Å². The lowest BCUT2D eigenvalue weighted by molar-refractivity contribution is -0.116. The van der Waals surface area contributed by atoms with Crippen molar-refractivity contribution in [1.82, 2.24) is 5.32 Å². The molecule has 0 spiro atoms. The van der Waals surface area contributed by atoms with Gasteiger partial charge in [-0.05, 0) is 79.2 Å². The fourth-order valence-electron chi connectivity index (χ4n) is 3.99. The molecule has 44 heavy (non-hydrogen) atoms. The summed E-state index contributed by atoms with van der Waals surface area (Å²) in [7, 11) is 0. The molecule has 4 aromatic carbocycles. The second-order valence-electron chi connectivity index (χ2n) is 9.38. The number of carboxylic acid groups (broad SMARTS) is 1. The van der Waals surface area contributed by atoms with Gasteiger partial charge in [0.25, 0.3) is 11.8 Å². The predicted octanol–water partition coefficient (Wildman–Crippen LogP) is 7.61. The zero-order valence-corrected chi connectivity index (χ0v) is 25.7. The molecule has 0 aromatic heterocycles. The Labute approximate surface area is 268 Å². The topological polar surface area (TPSA) is 125 Å². The number of anilines is 2. The summed E-state index contributed by atoms with van der Waals surface area (Å²) < 4.78 is 0. The van der Waals surface area contributed by atoms with E-state index in [4.69, 9.17) is 28.3 Å². The van der Waals surface area contributed by atoms with Crippen LogP contribution in [0.3, 0.4) is 0 Å². The van der Waals surface area contributed by atoms with Gasteiger partial charge in [-0.15, -0.1) is 11.8 Å². The number of thioether (sulfide) groups is 1. The average Bonchev–Trinajstić information content (AvgIpc) is 3.01. The van der Waals surface area contributed by atoms with Crippen LogP contribution in [0.4, 0.5) is 11.4 Å². The SMILES string of the molecule is CCC(Sc1cccc(NC(=O)/C(=C\c2c(Cl)cccc2Cl)NC(=O)c2ccccc2)c1)C(=O)Nc1ccc(C(=O)O)cc1. The number of nitrogens with one attached hydrogen (secondary N) is 3. The van der Waals surface area contributed by atoms with Crippen LogP contribution in [0.2, 0.25) is 10.0 Å². The number of hydrogen-bond acceptors (Lipinski definition) is 5. The van der Waals surface area contributed by atoms with Crippen molar-refractivity contribution in [1.29, 1.82) is 0 Å². The molecule has 0 aliphatic heterocycles. The molecule has 4 aromatic rings. The van der Waals surface area contributed by atoms with E-state index >= 15 is 0 Å². The number of carboxylic acids is 1. The van der Waals surface area contributed by atoms with Crippen LogP contribution >= 0.6 is 35.0 Å². The van der Waals surface area contributed by atoms with Crippen molar-refractivity contribution in [3.63, 3.8) is 0 Å². The van der Waals surface area contributed by atoms with Gasteiger partial charge in [0.05, 0.1) is 10.8 Å². The van der Waals surface area contributed by atoms with Crippen molar-refractivity contribution in [2.75, 3.05) is 10.6 Å². The first kappa shape index (κ1) is 32.3. The quantitative estimate of drug-likeness (QED) is 0.0981. The Kier molecular flexibility index (Phi) is 11.2. The summed E-state index contributed by atoms with van der Waals surface area (Å²) in [6.45, 7) is 1.88. The highest BCUT2D eigenvalue weighted by molar-refractivity contribution is 8.00. The van der Waals surface area contributed by atoms with Crippen molar-refractivity contribution in [3.8, 4) is 0 Å². The van der Waals surface area contributed by atoms with Crippen LogP contribution in [0, 0.1) is 0 Å². The first-order valence-electron chi connectivity index (χ1n) is 13.4. The highest BCUT2D eigenvalue weighted by atomic mass is 35.5. The first-order valence-corrected chi connectivity index (χ1v) is 15.0. The fraction of sp³-hybridized carbons (Fsp3) is 0.0909. The van der Waals surface area contributed by atoms with E-state index in [0.29, 0.717) is 39.0 Å². The molecular weight excluding hydrogens is 621 g/mol. The van der Waals surface area contributed by atoms with Crippen molar-refractivity contribution in [2.45, 2.75) is 23.5 Å². The van der Waals surface area contributed by atoms with Gasteiger partial charge in [-0.3, -0.25) is 14.4 Å². The molecule has 0 radical (unpaired) electrons. The van der Waals surface area contributed by atoms with Crippen LogP contribution in [-0.2, 0) is 9.59 Å². The number of halogens is 2. The summed E-state index contributed by atoms with van der Waals surface area (Å²) in [5.41, 5.74) is 1.69. The second kappa shape index (κ2) is 15.2. The summed E-state index contributed by atoms with van der Waals surface area (Å²) in [4.78, 5) is 51.2. The van der Waals surface area contributed by atoms with Gasteiger partial charge in [0.2, 0.25) is 5.91 Å². The molecule has 8 nitrogen and oxygen atoms in total. The summed E-state index contributed by atoms with van der Waals surface area (Å²) in [5, 5.41) is 17.5. The molecule has 224 valence electrons. The Morgan fingerprint density at radius 3 is 2.09 bits per heavy atom. The number of benzene rings is 4. The normalized spacial score (nSPS) is 11.8. The van der Waals surface area contributed by atoms with Gasteiger partial charge in [0, 0.05) is 37.4 Å². The molecule has 0 heterocycles. The van der Waals surface area contributed by atoms with Crippen molar-refractivity contribution >= 4 is 76.1 Å². The van der Waals surface area contributed by atoms with Crippen LogP contribution in [0.25, 0.3) is 6.08 Å². The third kappa shape index (κ3) is 8.73. The maximum absolute atomic E-state index is 13.5. The summed E-state index contributed by atoms with van der Waals surface area (Å²) in [5.74, 6) is -2.40. The van der Waals surface area contributed by atoms with E-state index in [1.807, 2.05) is 13.0 Å². The summed E-state index contributed by atoms with van der Waals surface area (Å²) in [6, 6.07) is 26.2. The third-order valence-electron chi connectivity index (χ3n) is 6.25. The van der Waals surface area contributed by atoms with Crippen molar-refractivity contribution in [2.24, 2.45) is 0 Å². The summed E-state index contributed by atoms with van der Waals surface area (Å²) in [6.07, 6.45) is 1.93. The lowest BCUT2D eigenvalue weighted by atomic mass is 10.1. The molecule has 1 unspecified atom stereocenters. The van der Waals surface area contributed by atoms with Gasteiger partial charge < -0.3 is 21.1 Å². The fourth-order valence-corrected chi connectivity index (χ4v) is 5.51.